The summed E-state index contributed by atoms with van der Waals surface area (Å²) in [5.41, 5.74) is 0.928. The van der Waals surface area contributed by atoms with Gasteiger partial charge in [-0.2, -0.15) is 0 Å². The minimum atomic E-state index is -1.02. The van der Waals surface area contributed by atoms with Gasteiger partial charge in [-0.05, 0) is 12.1 Å². The third kappa shape index (κ3) is 6.69. The van der Waals surface area contributed by atoms with E-state index in [1.54, 1.807) is 18.1 Å². The molecule has 2 N–H and O–H groups in total. The highest BCUT2D eigenvalue weighted by Gasteiger charge is 2.07. The van der Waals surface area contributed by atoms with Crippen LogP contribution in [0.4, 0.5) is 4.79 Å². The number of rotatable bonds is 8. The molecule has 2 amide bonds. The molecule has 1 heterocycles. The van der Waals surface area contributed by atoms with E-state index in [9.17, 15) is 9.59 Å². The van der Waals surface area contributed by atoms with Crippen LogP contribution in [0.3, 0.4) is 0 Å². The van der Waals surface area contributed by atoms with E-state index in [0.717, 1.165) is 5.69 Å². The van der Waals surface area contributed by atoms with Crippen LogP contribution in [0.25, 0.3) is 0 Å². The Morgan fingerprint density at radius 2 is 2.25 bits per heavy atom. The van der Waals surface area contributed by atoms with E-state index in [0.29, 0.717) is 13.0 Å². The van der Waals surface area contributed by atoms with Crippen LogP contribution in [-0.2, 0) is 16.0 Å². The standard InChI is InChI=1S/C13H19N3O4/c1-16(8-5-11-4-2-3-6-14-11)13(19)15-7-9-20-10-12(17)18/h2-4,6H,5,7-10H2,1H3,(H,15,19)(H,17,18). The third-order valence-corrected chi connectivity index (χ3v) is 2.52. The number of ether oxygens (including phenoxy) is 1. The van der Waals surface area contributed by atoms with Gasteiger partial charge in [-0.3, -0.25) is 4.98 Å². The van der Waals surface area contributed by atoms with E-state index in [1.807, 2.05) is 18.2 Å². The molecule has 0 aliphatic carbocycles. The molecule has 0 atom stereocenters. The molecule has 0 fully saturated rings. The molecule has 1 rings (SSSR count). The van der Waals surface area contributed by atoms with Crippen molar-refractivity contribution in [2.45, 2.75) is 6.42 Å². The molecule has 1 aromatic heterocycles. The largest absolute Gasteiger partial charge is 0.480 e. The van der Waals surface area contributed by atoms with Gasteiger partial charge in [-0.25, -0.2) is 9.59 Å². The summed E-state index contributed by atoms with van der Waals surface area (Å²) in [5.74, 6) is -1.02. The van der Waals surface area contributed by atoms with Gasteiger partial charge >= 0.3 is 12.0 Å². The van der Waals surface area contributed by atoms with Crippen molar-refractivity contribution in [1.82, 2.24) is 15.2 Å². The molecule has 0 spiro atoms. The predicted octanol–water partition coefficient (Wildman–Crippen LogP) is 0.367. The molecule has 20 heavy (non-hydrogen) atoms. The smallest absolute Gasteiger partial charge is 0.329 e. The highest BCUT2D eigenvalue weighted by molar-refractivity contribution is 5.73. The fraction of sp³-hybridized carbons (Fsp3) is 0.462. The molecule has 0 bridgehead atoms. The number of pyridine rings is 1. The number of carbonyl (C=O) groups excluding carboxylic acids is 1. The maximum Gasteiger partial charge on any atom is 0.329 e. The van der Waals surface area contributed by atoms with Gasteiger partial charge in [0.2, 0.25) is 0 Å². The lowest BCUT2D eigenvalue weighted by molar-refractivity contribution is -0.142. The predicted molar refractivity (Wildman–Crippen MR) is 72.4 cm³/mol. The normalized spacial score (nSPS) is 10.1. The summed E-state index contributed by atoms with van der Waals surface area (Å²) in [7, 11) is 1.69. The lowest BCUT2D eigenvalue weighted by atomic mass is 10.2. The van der Waals surface area contributed by atoms with E-state index in [4.69, 9.17) is 9.84 Å². The molecule has 1 aromatic rings. The minimum Gasteiger partial charge on any atom is -0.480 e. The van der Waals surface area contributed by atoms with E-state index in [2.05, 4.69) is 10.3 Å². The maximum atomic E-state index is 11.7. The lowest BCUT2D eigenvalue weighted by Crippen LogP contribution is -2.40. The summed E-state index contributed by atoms with van der Waals surface area (Å²) >= 11 is 0. The number of hydrogen-bond acceptors (Lipinski definition) is 4. The van der Waals surface area contributed by atoms with E-state index in [-0.39, 0.29) is 25.8 Å². The van der Waals surface area contributed by atoms with Gasteiger partial charge in [-0.1, -0.05) is 6.07 Å². The number of carboxylic acid groups (broad SMARTS) is 1. The molecule has 0 unspecified atom stereocenters. The van der Waals surface area contributed by atoms with Gasteiger partial charge in [0, 0.05) is 38.4 Å². The molecular formula is C13H19N3O4. The van der Waals surface area contributed by atoms with Crippen LogP contribution < -0.4 is 5.32 Å². The van der Waals surface area contributed by atoms with Crippen LogP contribution in [0.15, 0.2) is 24.4 Å². The van der Waals surface area contributed by atoms with Crippen molar-refractivity contribution in [3.63, 3.8) is 0 Å². The Bertz CT molecular complexity index is 425. The number of carboxylic acids is 1. The number of urea groups is 1. The van der Waals surface area contributed by atoms with Crippen molar-refractivity contribution < 1.29 is 19.4 Å². The highest BCUT2D eigenvalue weighted by Crippen LogP contribution is 1.96. The van der Waals surface area contributed by atoms with Crippen LogP contribution in [-0.4, -0.2) is 60.3 Å². The minimum absolute atomic E-state index is 0.173. The average Bonchev–Trinajstić information content (AvgIpc) is 2.45. The Balaban J connectivity index is 2.14. The zero-order chi connectivity index (χ0) is 14.8. The molecule has 0 aromatic carbocycles. The van der Waals surface area contributed by atoms with Gasteiger partial charge in [0.05, 0.1) is 6.61 Å². The Morgan fingerprint density at radius 1 is 1.45 bits per heavy atom. The number of amides is 2. The first-order valence-corrected chi connectivity index (χ1v) is 6.28. The van der Waals surface area contributed by atoms with Gasteiger partial charge in [0.1, 0.15) is 6.61 Å². The van der Waals surface area contributed by atoms with Crippen molar-refractivity contribution in [2.24, 2.45) is 0 Å². The number of likely N-dealkylation sites (N-methyl/N-ethyl adjacent to an activating group) is 1. The maximum absolute atomic E-state index is 11.7. The van der Waals surface area contributed by atoms with Crippen LogP contribution in [0, 0.1) is 0 Å². The lowest BCUT2D eigenvalue weighted by Gasteiger charge is -2.17. The Hall–Kier alpha value is -2.15. The third-order valence-electron chi connectivity index (χ3n) is 2.52. The van der Waals surface area contributed by atoms with Crippen molar-refractivity contribution in [2.75, 3.05) is 33.4 Å². The summed E-state index contributed by atoms with van der Waals surface area (Å²) in [6.07, 6.45) is 2.40. The second-order valence-electron chi connectivity index (χ2n) is 4.17. The molecule has 7 heteroatoms. The highest BCUT2D eigenvalue weighted by atomic mass is 16.5. The summed E-state index contributed by atoms with van der Waals surface area (Å²) < 4.78 is 4.81. The summed E-state index contributed by atoms with van der Waals surface area (Å²) in [6, 6.07) is 5.44. The molecule has 0 radical (unpaired) electrons. The molecular weight excluding hydrogens is 262 g/mol. The Labute approximate surface area is 117 Å². The number of carbonyl (C=O) groups is 2. The number of nitrogens with one attached hydrogen (secondary N) is 1. The monoisotopic (exact) mass is 281 g/mol. The average molecular weight is 281 g/mol. The molecule has 0 saturated heterocycles. The van der Waals surface area contributed by atoms with Gasteiger partial charge in [0.25, 0.3) is 0 Å². The summed E-state index contributed by atoms with van der Waals surface area (Å²) in [4.78, 5) is 27.6. The number of aliphatic carboxylic acids is 1. The topological polar surface area (TPSA) is 91.8 Å². The SMILES string of the molecule is CN(CCc1ccccn1)C(=O)NCCOCC(=O)O. The van der Waals surface area contributed by atoms with Gasteiger partial charge in [0.15, 0.2) is 0 Å². The molecule has 110 valence electrons. The first-order valence-electron chi connectivity index (χ1n) is 6.28. The molecule has 0 saturated carbocycles. The van der Waals surface area contributed by atoms with E-state index >= 15 is 0 Å². The summed E-state index contributed by atoms with van der Waals surface area (Å²) in [6.45, 7) is 0.649. The van der Waals surface area contributed by atoms with Crippen LogP contribution in [0.2, 0.25) is 0 Å². The molecule has 0 aliphatic rings. The fourth-order valence-corrected chi connectivity index (χ4v) is 1.45. The Morgan fingerprint density at radius 3 is 2.90 bits per heavy atom. The van der Waals surface area contributed by atoms with Gasteiger partial charge in [-0.15, -0.1) is 0 Å². The number of aromatic nitrogens is 1. The van der Waals surface area contributed by atoms with Crippen molar-refractivity contribution in [1.29, 1.82) is 0 Å². The Kier molecular flexibility index (Phi) is 7.05. The second kappa shape index (κ2) is 8.87. The number of nitrogens with zero attached hydrogens (tertiary/aromatic N) is 2. The van der Waals surface area contributed by atoms with Crippen LogP contribution in [0.5, 0.6) is 0 Å². The van der Waals surface area contributed by atoms with Crippen molar-refractivity contribution in [3.05, 3.63) is 30.1 Å². The van der Waals surface area contributed by atoms with E-state index < -0.39 is 5.97 Å². The molecule has 7 nitrogen and oxygen atoms in total. The first kappa shape index (κ1) is 15.9. The zero-order valence-corrected chi connectivity index (χ0v) is 11.4. The number of hydrogen-bond donors (Lipinski definition) is 2. The fourth-order valence-electron chi connectivity index (χ4n) is 1.45. The second-order valence-corrected chi connectivity index (χ2v) is 4.17. The van der Waals surface area contributed by atoms with Crippen LogP contribution >= 0.6 is 0 Å². The first-order chi connectivity index (χ1) is 9.59. The molecule has 0 aliphatic heterocycles. The summed E-state index contributed by atoms with van der Waals surface area (Å²) in [5, 5.41) is 11.0. The van der Waals surface area contributed by atoms with E-state index in [1.165, 1.54) is 0 Å². The van der Waals surface area contributed by atoms with Crippen molar-refractivity contribution in [3.8, 4) is 0 Å². The van der Waals surface area contributed by atoms with Gasteiger partial charge < -0.3 is 20.1 Å². The van der Waals surface area contributed by atoms with Crippen LogP contribution in [0.1, 0.15) is 5.69 Å². The van der Waals surface area contributed by atoms with Crippen molar-refractivity contribution >= 4 is 12.0 Å². The quantitative estimate of drug-likeness (QED) is 0.672. The zero-order valence-electron chi connectivity index (χ0n) is 11.4.